The topological polar surface area (TPSA) is 83.1 Å². The number of allylic oxidation sites excluding steroid dienone is 1. The molecule has 120 valence electrons. The normalized spacial score (nSPS) is 10.8. The van der Waals surface area contributed by atoms with Crippen LogP contribution in [0.15, 0.2) is 57.8 Å². The molecule has 5 nitrogen and oxygen atoms in total. The number of nitrogens with zero attached hydrogens (tertiary/aromatic N) is 2. The lowest BCUT2D eigenvalue weighted by Crippen LogP contribution is -2.00. The molecule has 0 radical (unpaired) electrons. The van der Waals surface area contributed by atoms with Gasteiger partial charge in [0.2, 0.25) is 0 Å². The highest BCUT2D eigenvalue weighted by Crippen LogP contribution is 2.31. The predicted octanol–water partition coefficient (Wildman–Crippen LogP) is 3.30. The van der Waals surface area contributed by atoms with Crippen LogP contribution in [0.4, 0.5) is 0 Å². The standard InChI is InChI=1S/C18H14N2O3S/c1-22-15-7-8-16(23-2)18(10-15)24(21)17-6-4-3-5-14(17)9-13(11-19)12-20/h3-10H,1-2H3. The highest BCUT2D eigenvalue weighted by atomic mass is 32.2. The molecule has 0 aliphatic carbocycles. The molecule has 0 aromatic heterocycles. The van der Waals surface area contributed by atoms with Crippen molar-refractivity contribution in [1.29, 1.82) is 10.5 Å². The van der Waals surface area contributed by atoms with Crippen LogP contribution in [0.2, 0.25) is 0 Å². The van der Waals surface area contributed by atoms with Crippen molar-refractivity contribution in [2.45, 2.75) is 9.79 Å². The van der Waals surface area contributed by atoms with Gasteiger partial charge in [0, 0.05) is 6.07 Å². The molecule has 0 aliphatic rings. The number of ether oxygens (including phenoxy) is 2. The van der Waals surface area contributed by atoms with Crippen LogP contribution in [0.3, 0.4) is 0 Å². The van der Waals surface area contributed by atoms with Gasteiger partial charge >= 0.3 is 0 Å². The minimum atomic E-state index is -1.57. The molecule has 0 fully saturated rings. The number of rotatable bonds is 5. The molecule has 0 saturated heterocycles. The summed E-state index contributed by atoms with van der Waals surface area (Å²) in [5, 5.41) is 17.9. The molecule has 0 heterocycles. The van der Waals surface area contributed by atoms with E-state index in [4.69, 9.17) is 20.0 Å². The van der Waals surface area contributed by atoms with Crippen LogP contribution in [0.5, 0.6) is 11.5 Å². The Morgan fingerprint density at radius 1 is 1.04 bits per heavy atom. The van der Waals surface area contributed by atoms with Crippen molar-refractivity contribution in [3.05, 3.63) is 53.6 Å². The fourth-order valence-corrected chi connectivity index (χ4v) is 3.40. The zero-order valence-electron chi connectivity index (χ0n) is 13.1. The molecule has 2 aromatic carbocycles. The highest BCUT2D eigenvalue weighted by Gasteiger charge is 2.17. The predicted molar refractivity (Wildman–Crippen MR) is 89.9 cm³/mol. The summed E-state index contributed by atoms with van der Waals surface area (Å²) in [6.45, 7) is 0. The van der Waals surface area contributed by atoms with Gasteiger partial charge in [-0.25, -0.2) is 4.21 Å². The first kappa shape index (κ1) is 17.3. The summed E-state index contributed by atoms with van der Waals surface area (Å²) in [6, 6.07) is 15.5. The maximum Gasteiger partial charge on any atom is 0.135 e. The molecule has 2 aromatic rings. The summed E-state index contributed by atoms with van der Waals surface area (Å²) in [5.41, 5.74) is 0.482. The molecule has 0 amide bonds. The summed E-state index contributed by atoms with van der Waals surface area (Å²) in [5.74, 6) is 1.02. The van der Waals surface area contributed by atoms with Crippen molar-refractivity contribution in [3.63, 3.8) is 0 Å². The number of nitriles is 2. The van der Waals surface area contributed by atoms with E-state index >= 15 is 0 Å². The van der Waals surface area contributed by atoms with Gasteiger partial charge in [0.1, 0.15) is 29.2 Å². The Balaban J connectivity index is 2.59. The smallest absolute Gasteiger partial charge is 0.135 e. The van der Waals surface area contributed by atoms with Gasteiger partial charge in [-0.2, -0.15) is 10.5 Å². The molecule has 0 bridgehead atoms. The van der Waals surface area contributed by atoms with E-state index in [2.05, 4.69) is 0 Å². The third kappa shape index (κ3) is 3.62. The molecule has 1 unspecified atom stereocenters. The number of methoxy groups -OCH3 is 2. The van der Waals surface area contributed by atoms with E-state index in [9.17, 15) is 4.21 Å². The Kier molecular flexibility index (Phi) is 5.73. The van der Waals surface area contributed by atoms with Gasteiger partial charge in [0.05, 0.1) is 34.8 Å². The zero-order chi connectivity index (χ0) is 17.5. The van der Waals surface area contributed by atoms with Crippen LogP contribution < -0.4 is 9.47 Å². The molecule has 0 N–H and O–H groups in total. The Morgan fingerprint density at radius 2 is 1.75 bits per heavy atom. The SMILES string of the molecule is COc1ccc(OC)c(S(=O)c2ccccc2C=C(C#N)C#N)c1. The quantitative estimate of drug-likeness (QED) is 0.781. The van der Waals surface area contributed by atoms with Gasteiger partial charge in [-0.05, 0) is 29.8 Å². The minimum Gasteiger partial charge on any atom is -0.497 e. The third-order valence-electron chi connectivity index (χ3n) is 3.23. The van der Waals surface area contributed by atoms with E-state index in [0.717, 1.165) is 0 Å². The van der Waals surface area contributed by atoms with Crippen LogP contribution in [0.1, 0.15) is 5.56 Å². The second-order valence-electron chi connectivity index (χ2n) is 4.60. The van der Waals surface area contributed by atoms with Gasteiger partial charge in [0.25, 0.3) is 0 Å². The fraction of sp³-hybridized carbons (Fsp3) is 0.111. The van der Waals surface area contributed by atoms with Crippen LogP contribution >= 0.6 is 0 Å². The van der Waals surface area contributed by atoms with Crippen molar-refractivity contribution < 1.29 is 13.7 Å². The zero-order valence-corrected chi connectivity index (χ0v) is 14.0. The van der Waals surface area contributed by atoms with Crippen molar-refractivity contribution in [1.82, 2.24) is 0 Å². The molecule has 0 saturated carbocycles. The van der Waals surface area contributed by atoms with E-state index in [0.29, 0.717) is 26.9 Å². The number of hydrogen-bond acceptors (Lipinski definition) is 5. The maximum absolute atomic E-state index is 13.1. The van der Waals surface area contributed by atoms with Gasteiger partial charge in [-0.1, -0.05) is 18.2 Å². The Bertz CT molecular complexity index is 876. The van der Waals surface area contributed by atoms with Crippen molar-refractivity contribution >= 4 is 16.9 Å². The monoisotopic (exact) mass is 338 g/mol. The van der Waals surface area contributed by atoms with Crippen molar-refractivity contribution in [2.24, 2.45) is 0 Å². The third-order valence-corrected chi connectivity index (χ3v) is 4.72. The second-order valence-corrected chi connectivity index (χ2v) is 6.02. The largest absolute Gasteiger partial charge is 0.497 e. The molecular weight excluding hydrogens is 324 g/mol. The Labute approximate surface area is 142 Å². The summed E-state index contributed by atoms with van der Waals surface area (Å²) in [7, 11) is 1.45. The summed E-state index contributed by atoms with van der Waals surface area (Å²) < 4.78 is 23.5. The molecule has 0 aliphatic heterocycles. The summed E-state index contributed by atoms with van der Waals surface area (Å²) >= 11 is 0. The summed E-state index contributed by atoms with van der Waals surface area (Å²) in [6.07, 6.45) is 1.42. The average molecular weight is 338 g/mol. The van der Waals surface area contributed by atoms with E-state index in [1.807, 2.05) is 0 Å². The Morgan fingerprint density at radius 3 is 2.38 bits per heavy atom. The Hall–Kier alpha value is -3.09. The molecule has 0 spiro atoms. The maximum atomic E-state index is 13.1. The van der Waals surface area contributed by atoms with E-state index in [-0.39, 0.29) is 5.57 Å². The lowest BCUT2D eigenvalue weighted by atomic mass is 10.1. The van der Waals surface area contributed by atoms with Gasteiger partial charge < -0.3 is 9.47 Å². The molecular formula is C18H14N2O3S. The molecule has 6 heteroatoms. The van der Waals surface area contributed by atoms with Gasteiger partial charge in [-0.3, -0.25) is 0 Å². The van der Waals surface area contributed by atoms with Crippen molar-refractivity contribution in [3.8, 4) is 23.6 Å². The first-order chi connectivity index (χ1) is 11.6. The minimum absolute atomic E-state index is 0.0583. The van der Waals surface area contributed by atoms with Gasteiger partial charge in [-0.15, -0.1) is 0 Å². The molecule has 2 rings (SSSR count). The number of hydrogen-bond donors (Lipinski definition) is 0. The van der Waals surface area contributed by atoms with Crippen LogP contribution in [0, 0.1) is 22.7 Å². The van der Waals surface area contributed by atoms with Crippen LogP contribution in [0.25, 0.3) is 6.08 Å². The van der Waals surface area contributed by atoms with Crippen LogP contribution in [-0.2, 0) is 10.8 Å². The second kappa shape index (κ2) is 7.96. The first-order valence-corrected chi connectivity index (χ1v) is 8.04. The van der Waals surface area contributed by atoms with Crippen LogP contribution in [-0.4, -0.2) is 18.4 Å². The average Bonchev–Trinajstić information content (AvgIpc) is 2.65. The van der Waals surface area contributed by atoms with E-state index in [1.165, 1.54) is 20.3 Å². The lowest BCUT2D eigenvalue weighted by Gasteiger charge is -2.11. The fourth-order valence-electron chi connectivity index (χ4n) is 2.06. The van der Waals surface area contributed by atoms with E-state index in [1.54, 1.807) is 54.6 Å². The van der Waals surface area contributed by atoms with Gasteiger partial charge in [0.15, 0.2) is 0 Å². The molecule has 1 atom stereocenters. The molecule has 24 heavy (non-hydrogen) atoms. The van der Waals surface area contributed by atoms with E-state index < -0.39 is 10.8 Å². The summed E-state index contributed by atoms with van der Waals surface area (Å²) in [4.78, 5) is 0.931. The number of benzene rings is 2. The first-order valence-electron chi connectivity index (χ1n) is 6.89. The highest BCUT2D eigenvalue weighted by molar-refractivity contribution is 7.85. The lowest BCUT2D eigenvalue weighted by molar-refractivity contribution is 0.393. The van der Waals surface area contributed by atoms with Crippen molar-refractivity contribution in [2.75, 3.05) is 14.2 Å².